The number of amides is 2. The minimum atomic E-state index is -0.309. The average molecular weight is 716 g/mol. The molecule has 1 heterocycles. The first-order chi connectivity index (χ1) is 25.0. The van der Waals surface area contributed by atoms with E-state index in [2.05, 4.69) is 42.8 Å². The van der Waals surface area contributed by atoms with E-state index in [1.165, 1.54) is 154 Å². The summed E-state index contributed by atoms with van der Waals surface area (Å²) in [6.45, 7) is 12.3. The van der Waals surface area contributed by atoms with Gasteiger partial charge in [0.1, 0.15) is 6.04 Å². The van der Waals surface area contributed by atoms with Gasteiger partial charge in [0.05, 0.1) is 0 Å². The number of hydrogen-bond acceptors (Lipinski definition) is 3. The molecule has 1 atom stereocenters. The normalized spacial score (nSPS) is 16.9. The van der Waals surface area contributed by atoms with Crippen LogP contribution in [0.15, 0.2) is 0 Å². The highest BCUT2D eigenvalue weighted by Gasteiger charge is 2.41. The first-order valence-electron chi connectivity index (χ1n) is 23.4. The van der Waals surface area contributed by atoms with E-state index in [0.29, 0.717) is 6.42 Å². The summed E-state index contributed by atoms with van der Waals surface area (Å²) in [7, 11) is 0. The van der Waals surface area contributed by atoms with E-state index in [1.807, 2.05) is 0 Å². The molecule has 0 aromatic heterocycles. The van der Waals surface area contributed by atoms with E-state index in [-0.39, 0.29) is 35.9 Å². The lowest BCUT2D eigenvalue weighted by Crippen LogP contribution is -2.59. The summed E-state index contributed by atoms with van der Waals surface area (Å²) in [5, 5.41) is 3.57. The fourth-order valence-electron chi connectivity index (χ4n) is 9.08. The van der Waals surface area contributed by atoms with E-state index >= 15 is 0 Å². The van der Waals surface area contributed by atoms with Crippen LogP contribution in [0.1, 0.15) is 240 Å². The Kier molecular flexibility index (Phi) is 28.2. The third-order valence-corrected chi connectivity index (χ3v) is 12.5. The molecule has 0 spiro atoms. The van der Waals surface area contributed by atoms with Gasteiger partial charge in [-0.25, -0.2) is 0 Å². The highest BCUT2D eigenvalue weighted by molar-refractivity contribution is 5.88. The zero-order valence-electron chi connectivity index (χ0n) is 35.0. The molecule has 0 aromatic carbocycles. The lowest BCUT2D eigenvalue weighted by atomic mass is 9.84. The number of nitrogens with one attached hydrogen (secondary N) is 1. The quantitative estimate of drug-likeness (QED) is 0.0706. The topological polar surface area (TPSA) is 52.7 Å². The van der Waals surface area contributed by atoms with Gasteiger partial charge in [-0.05, 0) is 70.5 Å². The van der Waals surface area contributed by atoms with Crippen LogP contribution in [0.25, 0.3) is 0 Å². The molecule has 1 aliphatic carbocycles. The monoisotopic (exact) mass is 716 g/mol. The van der Waals surface area contributed by atoms with Crippen molar-refractivity contribution in [2.45, 2.75) is 258 Å². The smallest absolute Gasteiger partial charge is 0.243 e. The molecular weight excluding hydrogens is 627 g/mol. The minimum Gasteiger partial charge on any atom is -0.352 e. The lowest BCUT2D eigenvalue weighted by molar-refractivity contribution is -0.147. The molecule has 1 aliphatic heterocycles. The van der Waals surface area contributed by atoms with E-state index in [0.717, 1.165) is 71.0 Å². The van der Waals surface area contributed by atoms with Gasteiger partial charge < -0.3 is 15.1 Å². The molecule has 1 saturated carbocycles. The van der Waals surface area contributed by atoms with Gasteiger partial charge in [-0.2, -0.15) is 0 Å². The van der Waals surface area contributed by atoms with E-state index < -0.39 is 0 Å². The van der Waals surface area contributed by atoms with Gasteiger partial charge in [-0.3, -0.25) is 9.59 Å². The van der Waals surface area contributed by atoms with Gasteiger partial charge in [0.15, 0.2) is 0 Å². The maximum Gasteiger partial charge on any atom is 0.243 e. The second-order valence-electron chi connectivity index (χ2n) is 16.9. The Morgan fingerprint density at radius 1 is 0.569 bits per heavy atom. The van der Waals surface area contributed by atoms with Crippen LogP contribution in [-0.2, 0) is 9.59 Å². The number of carbonyl (C=O) groups is 2. The Balaban J connectivity index is 2.14. The molecule has 300 valence electrons. The van der Waals surface area contributed by atoms with E-state index in [4.69, 9.17) is 0 Å². The molecule has 0 bridgehead atoms. The molecule has 0 radical (unpaired) electrons. The number of unbranched alkanes of at least 4 members (excludes halogenated alkanes) is 20. The van der Waals surface area contributed by atoms with Crippen molar-refractivity contribution in [3.63, 3.8) is 0 Å². The Morgan fingerprint density at radius 2 is 1.00 bits per heavy atom. The molecule has 51 heavy (non-hydrogen) atoms. The van der Waals surface area contributed by atoms with Crippen LogP contribution in [0.3, 0.4) is 0 Å². The zero-order chi connectivity index (χ0) is 36.8. The minimum absolute atomic E-state index is 0.178. The van der Waals surface area contributed by atoms with Crippen molar-refractivity contribution in [1.29, 1.82) is 0 Å². The highest BCUT2D eigenvalue weighted by atomic mass is 16.2. The van der Waals surface area contributed by atoms with Crippen LogP contribution in [0.4, 0.5) is 0 Å². The van der Waals surface area contributed by atoms with Crippen molar-refractivity contribution in [3.05, 3.63) is 0 Å². The molecule has 1 unspecified atom stereocenters. The van der Waals surface area contributed by atoms with Crippen molar-refractivity contribution in [1.82, 2.24) is 15.1 Å². The molecule has 5 heteroatoms. The third kappa shape index (κ3) is 20.8. The number of hydrogen-bond donors (Lipinski definition) is 1. The average Bonchev–Trinajstić information content (AvgIpc) is 3.15. The van der Waals surface area contributed by atoms with Crippen molar-refractivity contribution in [2.75, 3.05) is 19.6 Å². The third-order valence-electron chi connectivity index (χ3n) is 12.5. The van der Waals surface area contributed by atoms with Crippen LogP contribution in [0, 0.1) is 5.92 Å². The molecule has 1 N–H and O–H groups in total. The molecule has 0 aromatic rings. The molecular formula is C46H89N3O2. The first-order valence-corrected chi connectivity index (χ1v) is 23.4. The van der Waals surface area contributed by atoms with Crippen molar-refractivity contribution in [2.24, 2.45) is 5.92 Å². The number of carbonyl (C=O) groups excluding carboxylic acids is 2. The summed E-state index contributed by atoms with van der Waals surface area (Å²) in [4.78, 5) is 34.1. The summed E-state index contributed by atoms with van der Waals surface area (Å²) in [6, 6.07) is 0.162. The fraction of sp³-hybridized carbons (Fsp3) is 0.957. The van der Waals surface area contributed by atoms with Crippen LogP contribution in [0.5, 0.6) is 0 Å². The Hall–Kier alpha value is -1.10. The van der Waals surface area contributed by atoms with Gasteiger partial charge >= 0.3 is 0 Å². The Morgan fingerprint density at radius 3 is 1.45 bits per heavy atom. The summed E-state index contributed by atoms with van der Waals surface area (Å²) in [5.41, 5.74) is 0. The molecule has 5 nitrogen and oxygen atoms in total. The van der Waals surface area contributed by atoms with Gasteiger partial charge in [0, 0.05) is 18.5 Å². The summed E-state index contributed by atoms with van der Waals surface area (Å²) in [6.07, 6.45) is 40.3. The standard InChI is InChI=1S/C46H89N3O2/c1-5-9-12-15-16-17-18-19-20-21-22-25-31-36-44(50)49(43(34-29-23-13-10-6-2)35-30-24-14-11-7-3)45(41-37-39-48(8-4)40-38-41)46(51)47-42-32-27-26-28-33-42/h41-43,45H,5-40H2,1-4H3,(H,47,51). The molecule has 2 amide bonds. The Labute approximate surface area is 319 Å². The number of piperidine rings is 1. The van der Waals surface area contributed by atoms with Gasteiger partial charge in [0.2, 0.25) is 11.8 Å². The van der Waals surface area contributed by atoms with E-state index in [9.17, 15) is 9.59 Å². The molecule has 1 saturated heterocycles. The summed E-state index contributed by atoms with van der Waals surface area (Å²) >= 11 is 0. The van der Waals surface area contributed by atoms with Crippen LogP contribution < -0.4 is 5.32 Å². The van der Waals surface area contributed by atoms with Crippen molar-refractivity contribution >= 4 is 11.8 Å². The second kappa shape index (κ2) is 31.3. The largest absolute Gasteiger partial charge is 0.352 e. The first kappa shape index (κ1) is 46.1. The van der Waals surface area contributed by atoms with Gasteiger partial charge in [-0.15, -0.1) is 0 Å². The maximum atomic E-state index is 14.7. The zero-order valence-corrected chi connectivity index (χ0v) is 35.0. The summed E-state index contributed by atoms with van der Waals surface area (Å²) in [5.74, 6) is 0.721. The van der Waals surface area contributed by atoms with E-state index in [1.54, 1.807) is 0 Å². The fourth-order valence-corrected chi connectivity index (χ4v) is 9.08. The van der Waals surface area contributed by atoms with Crippen LogP contribution >= 0.6 is 0 Å². The number of likely N-dealkylation sites (tertiary alicyclic amines) is 1. The van der Waals surface area contributed by atoms with Crippen LogP contribution in [-0.4, -0.2) is 59.4 Å². The predicted molar refractivity (Wildman–Crippen MR) is 221 cm³/mol. The summed E-state index contributed by atoms with van der Waals surface area (Å²) < 4.78 is 0. The van der Waals surface area contributed by atoms with Gasteiger partial charge in [-0.1, -0.05) is 188 Å². The Bertz CT molecular complexity index is 805. The van der Waals surface area contributed by atoms with Crippen molar-refractivity contribution < 1.29 is 9.59 Å². The predicted octanol–water partition coefficient (Wildman–Crippen LogP) is 12.9. The van der Waals surface area contributed by atoms with Crippen LogP contribution in [0.2, 0.25) is 0 Å². The second-order valence-corrected chi connectivity index (χ2v) is 16.9. The number of nitrogens with zero attached hydrogens (tertiary/aromatic N) is 2. The molecule has 2 fully saturated rings. The SMILES string of the molecule is CCCCCCCCCCCCCCCC(=O)N(C(CCCCCCC)CCCCCCC)C(C(=O)NC1CCCCC1)C1CCN(CC)CC1. The highest BCUT2D eigenvalue weighted by Crippen LogP contribution is 2.31. The van der Waals surface area contributed by atoms with Crippen molar-refractivity contribution in [3.8, 4) is 0 Å². The molecule has 2 rings (SSSR count). The number of rotatable bonds is 32. The maximum absolute atomic E-state index is 14.7. The van der Waals surface area contributed by atoms with Gasteiger partial charge in [0.25, 0.3) is 0 Å². The molecule has 2 aliphatic rings. The lowest BCUT2D eigenvalue weighted by Gasteiger charge is -2.44.